The molecule has 1 atom stereocenters. The van der Waals surface area contributed by atoms with E-state index in [1.54, 1.807) is 29.2 Å². The maximum atomic E-state index is 12.6. The van der Waals surface area contributed by atoms with Crippen molar-refractivity contribution in [3.63, 3.8) is 0 Å². The molecule has 2 aromatic heterocycles. The molecule has 0 N–H and O–H groups in total. The lowest BCUT2D eigenvalue weighted by atomic mass is 10.0. The number of hydrogen-bond donors (Lipinski definition) is 0. The van der Waals surface area contributed by atoms with Crippen molar-refractivity contribution in [1.29, 1.82) is 0 Å². The summed E-state index contributed by atoms with van der Waals surface area (Å²) in [5, 5.41) is 0.543. The zero-order valence-electron chi connectivity index (χ0n) is 13.4. The molecule has 7 heteroatoms. The van der Waals surface area contributed by atoms with E-state index in [0.717, 1.165) is 19.3 Å². The van der Waals surface area contributed by atoms with Crippen LogP contribution in [0.3, 0.4) is 0 Å². The van der Waals surface area contributed by atoms with E-state index in [1.165, 1.54) is 0 Å². The largest absolute Gasteiger partial charge is 0.381 e. The van der Waals surface area contributed by atoms with Crippen LogP contribution in [0.15, 0.2) is 29.5 Å². The van der Waals surface area contributed by atoms with Crippen LogP contribution in [0, 0.1) is 5.92 Å². The Kier molecular flexibility index (Phi) is 4.02. The molecule has 0 radical (unpaired) electrons. The first-order valence-electron chi connectivity index (χ1n) is 8.42. The number of fused-ring (bicyclic) bond motifs is 1. The summed E-state index contributed by atoms with van der Waals surface area (Å²) >= 11 is 0. The smallest absolute Gasteiger partial charge is 0.263 e. The normalized spacial score (nSPS) is 22.2. The first-order valence-corrected chi connectivity index (χ1v) is 8.42. The van der Waals surface area contributed by atoms with E-state index in [2.05, 4.69) is 9.97 Å². The molecule has 2 fully saturated rings. The second kappa shape index (κ2) is 6.32. The first kappa shape index (κ1) is 15.3. The van der Waals surface area contributed by atoms with Crippen LogP contribution in [-0.2, 0) is 9.53 Å². The van der Waals surface area contributed by atoms with Crippen molar-refractivity contribution in [2.24, 2.45) is 5.92 Å². The van der Waals surface area contributed by atoms with E-state index >= 15 is 0 Å². The topological polar surface area (TPSA) is 77.3 Å². The van der Waals surface area contributed by atoms with Crippen LogP contribution >= 0.6 is 0 Å². The number of carbonyl (C=O) groups excluding carboxylic acids is 1. The highest BCUT2D eigenvalue weighted by molar-refractivity contribution is 5.79. The molecule has 1 amide bonds. The molecule has 0 aliphatic carbocycles. The summed E-state index contributed by atoms with van der Waals surface area (Å²) < 4.78 is 7.01. The minimum atomic E-state index is -0.0536. The highest BCUT2D eigenvalue weighted by atomic mass is 16.5. The lowest BCUT2D eigenvalue weighted by molar-refractivity contribution is -0.136. The molecule has 2 saturated heterocycles. The van der Waals surface area contributed by atoms with Crippen LogP contribution in [0.1, 0.15) is 25.3 Å². The number of likely N-dealkylation sites (tertiary alicyclic amines) is 1. The van der Waals surface area contributed by atoms with Crippen molar-refractivity contribution in [1.82, 2.24) is 19.4 Å². The quantitative estimate of drug-likeness (QED) is 0.822. The van der Waals surface area contributed by atoms with Gasteiger partial charge in [0.25, 0.3) is 5.56 Å². The molecule has 24 heavy (non-hydrogen) atoms. The summed E-state index contributed by atoms with van der Waals surface area (Å²) in [6, 6.07) is 3.59. The van der Waals surface area contributed by atoms with Gasteiger partial charge < -0.3 is 9.64 Å². The van der Waals surface area contributed by atoms with Gasteiger partial charge in [0.15, 0.2) is 5.65 Å². The van der Waals surface area contributed by atoms with E-state index in [-0.39, 0.29) is 23.4 Å². The predicted octanol–water partition coefficient (Wildman–Crippen LogP) is 0.991. The van der Waals surface area contributed by atoms with Crippen LogP contribution in [0.2, 0.25) is 0 Å². The van der Waals surface area contributed by atoms with Gasteiger partial charge in [0, 0.05) is 31.9 Å². The van der Waals surface area contributed by atoms with E-state index in [4.69, 9.17) is 4.74 Å². The van der Waals surface area contributed by atoms with Crippen LogP contribution in [0.25, 0.3) is 11.0 Å². The molecule has 4 heterocycles. The standard InChI is InChI=1S/C17H20N4O3/c22-16(12-5-9-24-10-12)20-7-3-13(4-8-20)21-11-19-15-14(17(21)23)2-1-6-18-15/h1-2,6,11-13H,3-5,7-10H2/t12-/m0/s1. The number of amides is 1. The number of pyridine rings is 1. The summed E-state index contributed by atoms with van der Waals surface area (Å²) in [7, 11) is 0. The van der Waals surface area contributed by atoms with Gasteiger partial charge in [0.05, 0.1) is 17.9 Å². The van der Waals surface area contributed by atoms with E-state index in [1.807, 2.05) is 4.90 Å². The monoisotopic (exact) mass is 328 g/mol. The zero-order chi connectivity index (χ0) is 16.5. The van der Waals surface area contributed by atoms with Crippen molar-refractivity contribution in [3.8, 4) is 0 Å². The highest BCUT2D eigenvalue weighted by Gasteiger charge is 2.31. The molecule has 0 bridgehead atoms. The summed E-state index contributed by atoms with van der Waals surface area (Å²) in [5.74, 6) is 0.205. The average molecular weight is 328 g/mol. The summed E-state index contributed by atoms with van der Waals surface area (Å²) in [6.07, 6.45) is 5.58. The van der Waals surface area contributed by atoms with Crippen LogP contribution < -0.4 is 5.56 Å². The molecular formula is C17H20N4O3. The van der Waals surface area contributed by atoms with Gasteiger partial charge in [0.2, 0.25) is 5.91 Å². The molecule has 0 spiro atoms. The number of carbonyl (C=O) groups is 1. The summed E-state index contributed by atoms with van der Waals surface area (Å²) in [5.41, 5.74) is 0.426. The fourth-order valence-corrected chi connectivity index (χ4v) is 3.59. The Morgan fingerprint density at radius 2 is 2.04 bits per heavy atom. The van der Waals surface area contributed by atoms with Crippen molar-refractivity contribution in [2.45, 2.75) is 25.3 Å². The van der Waals surface area contributed by atoms with Gasteiger partial charge in [0.1, 0.15) is 6.33 Å². The van der Waals surface area contributed by atoms with Crippen molar-refractivity contribution >= 4 is 16.9 Å². The average Bonchev–Trinajstić information content (AvgIpc) is 3.17. The van der Waals surface area contributed by atoms with Crippen LogP contribution in [0.4, 0.5) is 0 Å². The Balaban J connectivity index is 1.49. The van der Waals surface area contributed by atoms with E-state index in [9.17, 15) is 9.59 Å². The maximum absolute atomic E-state index is 12.6. The Labute approximate surface area is 139 Å². The van der Waals surface area contributed by atoms with Crippen molar-refractivity contribution in [2.75, 3.05) is 26.3 Å². The highest BCUT2D eigenvalue weighted by Crippen LogP contribution is 2.24. The Morgan fingerprint density at radius 1 is 1.21 bits per heavy atom. The lowest BCUT2D eigenvalue weighted by Gasteiger charge is -2.34. The van der Waals surface area contributed by atoms with Gasteiger partial charge in [-0.15, -0.1) is 0 Å². The van der Waals surface area contributed by atoms with Gasteiger partial charge >= 0.3 is 0 Å². The van der Waals surface area contributed by atoms with Gasteiger partial charge in [-0.3, -0.25) is 14.2 Å². The minimum absolute atomic E-state index is 0.0117. The molecule has 126 valence electrons. The number of aromatic nitrogens is 3. The van der Waals surface area contributed by atoms with E-state index < -0.39 is 0 Å². The number of piperidine rings is 1. The molecule has 2 aliphatic rings. The number of rotatable bonds is 2. The fourth-order valence-electron chi connectivity index (χ4n) is 3.59. The van der Waals surface area contributed by atoms with Gasteiger partial charge in [-0.05, 0) is 31.4 Å². The third kappa shape index (κ3) is 2.69. The third-order valence-electron chi connectivity index (χ3n) is 5.00. The maximum Gasteiger partial charge on any atom is 0.263 e. The third-order valence-corrected chi connectivity index (χ3v) is 5.00. The number of ether oxygens (including phenoxy) is 1. The summed E-state index contributed by atoms with van der Waals surface area (Å²) in [4.78, 5) is 35.4. The minimum Gasteiger partial charge on any atom is -0.381 e. The number of nitrogens with zero attached hydrogens (tertiary/aromatic N) is 4. The molecule has 2 aromatic rings. The predicted molar refractivity (Wildman–Crippen MR) is 87.6 cm³/mol. The van der Waals surface area contributed by atoms with E-state index in [0.29, 0.717) is 37.3 Å². The molecule has 7 nitrogen and oxygen atoms in total. The van der Waals surface area contributed by atoms with Crippen LogP contribution in [0.5, 0.6) is 0 Å². The lowest BCUT2D eigenvalue weighted by Crippen LogP contribution is -2.43. The van der Waals surface area contributed by atoms with Gasteiger partial charge in [-0.1, -0.05) is 0 Å². The van der Waals surface area contributed by atoms with Crippen molar-refractivity contribution < 1.29 is 9.53 Å². The number of hydrogen-bond acceptors (Lipinski definition) is 5. The first-order chi connectivity index (χ1) is 11.7. The van der Waals surface area contributed by atoms with Crippen LogP contribution in [-0.4, -0.2) is 51.6 Å². The molecule has 0 unspecified atom stereocenters. The molecule has 0 aromatic carbocycles. The Morgan fingerprint density at radius 3 is 2.79 bits per heavy atom. The van der Waals surface area contributed by atoms with Crippen molar-refractivity contribution in [3.05, 3.63) is 35.0 Å². The SMILES string of the molecule is O=C([C@H]1CCOC1)N1CCC(n2cnc3ncccc3c2=O)CC1. The van der Waals surface area contributed by atoms with Gasteiger partial charge in [-0.2, -0.15) is 0 Å². The molecular weight excluding hydrogens is 308 g/mol. The summed E-state index contributed by atoms with van der Waals surface area (Å²) in [6.45, 7) is 2.58. The van der Waals surface area contributed by atoms with Gasteiger partial charge in [-0.25, -0.2) is 9.97 Å². The zero-order valence-corrected chi connectivity index (χ0v) is 13.4. The second-order valence-electron chi connectivity index (χ2n) is 6.45. The second-order valence-corrected chi connectivity index (χ2v) is 6.45. The molecule has 0 saturated carbocycles. The Bertz CT molecular complexity index is 805. The fraction of sp³-hybridized carbons (Fsp3) is 0.529. The Hall–Kier alpha value is -2.28. The molecule has 2 aliphatic heterocycles. The molecule has 4 rings (SSSR count).